The molecule has 2 heterocycles. The number of hydrogen-bond acceptors (Lipinski definition) is 6. The summed E-state index contributed by atoms with van der Waals surface area (Å²) in [5.74, 6) is 0.191. The van der Waals surface area contributed by atoms with Crippen LogP contribution in [0.3, 0.4) is 0 Å². The Morgan fingerprint density at radius 2 is 1.76 bits per heavy atom. The number of benzene rings is 1. The van der Waals surface area contributed by atoms with E-state index in [4.69, 9.17) is 9.47 Å². The molecule has 0 saturated carbocycles. The molecule has 0 aliphatic carbocycles. The molecule has 0 aliphatic heterocycles. The first-order valence-corrected chi connectivity index (χ1v) is 11.4. The number of nitrogens with zero attached hydrogens (tertiary/aromatic N) is 3. The highest BCUT2D eigenvalue weighted by Crippen LogP contribution is 2.18. The van der Waals surface area contributed by atoms with E-state index in [1.165, 1.54) is 12.1 Å². The van der Waals surface area contributed by atoms with E-state index in [0.29, 0.717) is 17.2 Å². The summed E-state index contributed by atoms with van der Waals surface area (Å²) in [5, 5.41) is 4.06. The highest BCUT2D eigenvalue weighted by Gasteiger charge is 2.19. The SMILES string of the molecule is Cc1cc(C(=O)COC(=O)c2ccc(=O)n(CCOc3ccccc3)n2)c(C)n1CCC(C)C. The maximum absolute atomic E-state index is 12.7. The van der Waals surface area contributed by atoms with E-state index in [1.807, 2.05) is 50.2 Å². The van der Waals surface area contributed by atoms with Gasteiger partial charge in [-0.25, -0.2) is 9.48 Å². The number of esters is 1. The molecule has 0 amide bonds. The molecule has 3 aromatic rings. The number of ether oxygens (including phenoxy) is 2. The van der Waals surface area contributed by atoms with Gasteiger partial charge in [0.05, 0.1) is 6.54 Å². The van der Waals surface area contributed by atoms with Crippen molar-refractivity contribution in [1.29, 1.82) is 0 Å². The van der Waals surface area contributed by atoms with Crippen molar-refractivity contribution in [1.82, 2.24) is 14.3 Å². The molecule has 8 nitrogen and oxygen atoms in total. The lowest BCUT2D eigenvalue weighted by molar-refractivity contribution is 0.0465. The molecule has 0 atom stereocenters. The number of hydrogen-bond donors (Lipinski definition) is 0. The lowest BCUT2D eigenvalue weighted by atomic mass is 10.1. The summed E-state index contributed by atoms with van der Waals surface area (Å²) in [4.78, 5) is 37.3. The summed E-state index contributed by atoms with van der Waals surface area (Å²) >= 11 is 0. The minimum Gasteiger partial charge on any atom is -0.492 e. The molecule has 180 valence electrons. The third kappa shape index (κ3) is 6.43. The summed E-state index contributed by atoms with van der Waals surface area (Å²) in [6, 6.07) is 13.6. The Balaban J connectivity index is 1.59. The fourth-order valence-electron chi connectivity index (χ4n) is 3.58. The van der Waals surface area contributed by atoms with Crippen LogP contribution < -0.4 is 10.3 Å². The van der Waals surface area contributed by atoms with Crippen LogP contribution in [0.1, 0.15) is 52.5 Å². The van der Waals surface area contributed by atoms with Crippen molar-refractivity contribution in [2.45, 2.75) is 47.2 Å². The molecular formula is C26H31N3O5. The molecule has 0 N–H and O–H groups in total. The Bertz CT molecular complexity index is 1190. The number of aryl methyl sites for hydroxylation is 1. The van der Waals surface area contributed by atoms with Gasteiger partial charge >= 0.3 is 5.97 Å². The zero-order valence-corrected chi connectivity index (χ0v) is 20.1. The van der Waals surface area contributed by atoms with Crippen LogP contribution >= 0.6 is 0 Å². The van der Waals surface area contributed by atoms with Gasteiger partial charge in [-0.3, -0.25) is 9.59 Å². The van der Waals surface area contributed by atoms with Gasteiger partial charge in [-0.15, -0.1) is 0 Å². The van der Waals surface area contributed by atoms with Gasteiger partial charge in [0, 0.05) is 29.6 Å². The number of rotatable bonds is 11. The second-order valence-corrected chi connectivity index (χ2v) is 8.56. The molecule has 0 saturated heterocycles. The molecule has 0 bridgehead atoms. The first kappa shape index (κ1) is 25.0. The number of aromatic nitrogens is 3. The van der Waals surface area contributed by atoms with Crippen molar-refractivity contribution in [2.75, 3.05) is 13.2 Å². The quantitative estimate of drug-likeness (QED) is 0.316. The van der Waals surface area contributed by atoms with Crippen molar-refractivity contribution in [2.24, 2.45) is 5.92 Å². The first-order valence-electron chi connectivity index (χ1n) is 11.4. The molecule has 0 spiro atoms. The van der Waals surface area contributed by atoms with E-state index in [-0.39, 0.29) is 30.2 Å². The van der Waals surface area contributed by atoms with Gasteiger partial charge in [0.2, 0.25) is 5.78 Å². The zero-order chi connectivity index (χ0) is 24.7. The summed E-state index contributed by atoms with van der Waals surface area (Å²) in [6.45, 7) is 8.99. The van der Waals surface area contributed by atoms with Gasteiger partial charge < -0.3 is 14.0 Å². The number of Topliss-reactive ketones (excluding diaryl/α,β-unsaturated/α-hetero) is 1. The van der Waals surface area contributed by atoms with Gasteiger partial charge in [-0.05, 0) is 50.5 Å². The van der Waals surface area contributed by atoms with Gasteiger partial charge in [-0.1, -0.05) is 32.0 Å². The third-order valence-electron chi connectivity index (χ3n) is 5.53. The number of para-hydroxylation sites is 1. The van der Waals surface area contributed by atoms with Crippen molar-refractivity contribution >= 4 is 11.8 Å². The summed E-state index contributed by atoms with van der Waals surface area (Å²) in [5.41, 5.74) is 2.00. The lowest BCUT2D eigenvalue weighted by Crippen LogP contribution is -2.27. The molecule has 34 heavy (non-hydrogen) atoms. The number of ketones is 1. The highest BCUT2D eigenvalue weighted by atomic mass is 16.5. The Kier molecular flexibility index (Phi) is 8.40. The normalized spacial score (nSPS) is 11.0. The minimum atomic E-state index is -0.764. The second-order valence-electron chi connectivity index (χ2n) is 8.56. The average Bonchev–Trinajstić information content (AvgIpc) is 3.11. The van der Waals surface area contributed by atoms with Gasteiger partial charge in [0.25, 0.3) is 5.56 Å². The van der Waals surface area contributed by atoms with Gasteiger partial charge in [0.1, 0.15) is 12.4 Å². The van der Waals surface area contributed by atoms with E-state index in [0.717, 1.165) is 29.0 Å². The first-order chi connectivity index (χ1) is 16.3. The second kappa shape index (κ2) is 11.4. The fourth-order valence-corrected chi connectivity index (χ4v) is 3.58. The topological polar surface area (TPSA) is 92.4 Å². The monoisotopic (exact) mass is 465 g/mol. The van der Waals surface area contributed by atoms with Crippen LogP contribution in [0.25, 0.3) is 0 Å². The van der Waals surface area contributed by atoms with Crippen LogP contribution in [0.15, 0.2) is 53.3 Å². The van der Waals surface area contributed by atoms with Crippen molar-refractivity contribution in [3.63, 3.8) is 0 Å². The van der Waals surface area contributed by atoms with Crippen LogP contribution in [0.4, 0.5) is 0 Å². The summed E-state index contributed by atoms with van der Waals surface area (Å²) < 4.78 is 14.0. The lowest BCUT2D eigenvalue weighted by Gasteiger charge is -2.11. The predicted octanol–water partition coefficient (Wildman–Crippen LogP) is 3.83. The maximum atomic E-state index is 12.7. The molecule has 1 aromatic carbocycles. The molecular weight excluding hydrogens is 434 g/mol. The Labute approximate surface area is 199 Å². The van der Waals surface area contributed by atoms with Crippen molar-refractivity contribution in [3.05, 3.63) is 81.5 Å². The Morgan fingerprint density at radius 3 is 2.47 bits per heavy atom. The van der Waals surface area contributed by atoms with Crippen molar-refractivity contribution in [3.8, 4) is 5.75 Å². The smallest absolute Gasteiger partial charge is 0.359 e. The number of carbonyl (C=O) groups is 2. The molecule has 2 aromatic heterocycles. The molecule has 3 rings (SSSR count). The molecule has 8 heteroatoms. The van der Waals surface area contributed by atoms with Crippen LogP contribution in [-0.4, -0.2) is 39.3 Å². The van der Waals surface area contributed by atoms with Crippen LogP contribution in [-0.2, 0) is 17.8 Å². The van der Waals surface area contributed by atoms with E-state index < -0.39 is 12.6 Å². The van der Waals surface area contributed by atoms with Crippen LogP contribution in [0.2, 0.25) is 0 Å². The molecule has 0 fully saturated rings. The predicted molar refractivity (Wildman–Crippen MR) is 128 cm³/mol. The Morgan fingerprint density at radius 1 is 1.03 bits per heavy atom. The average molecular weight is 466 g/mol. The third-order valence-corrected chi connectivity index (χ3v) is 5.53. The van der Waals surface area contributed by atoms with E-state index in [9.17, 15) is 14.4 Å². The van der Waals surface area contributed by atoms with Crippen molar-refractivity contribution < 1.29 is 19.1 Å². The van der Waals surface area contributed by atoms with E-state index in [1.54, 1.807) is 0 Å². The fraction of sp³-hybridized carbons (Fsp3) is 0.385. The van der Waals surface area contributed by atoms with Gasteiger partial charge in [0.15, 0.2) is 12.3 Å². The van der Waals surface area contributed by atoms with E-state index in [2.05, 4.69) is 23.5 Å². The molecule has 0 unspecified atom stereocenters. The van der Waals surface area contributed by atoms with Crippen LogP contribution in [0, 0.1) is 19.8 Å². The standard InChI is InChI=1S/C26H31N3O5/c1-18(2)12-13-28-19(3)16-22(20(28)4)24(30)17-34-26(32)23-10-11-25(31)29(27-23)14-15-33-21-8-6-5-7-9-21/h5-11,16,18H,12-15,17H2,1-4H3. The molecule has 0 radical (unpaired) electrons. The zero-order valence-electron chi connectivity index (χ0n) is 20.1. The summed E-state index contributed by atoms with van der Waals surface area (Å²) in [6.07, 6.45) is 1.01. The van der Waals surface area contributed by atoms with Gasteiger partial charge in [-0.2, -0.15) is 5.10 Å². The minimum absolute atomic E-state index is 0.0467. The van der Waals surface area contributed by atoms with Crippen LogP contribution in [0.5, 0.6) is 5.75 Å². The van der Waals surface area contributed by atoms with E-state index >= 15 is 0 Å². The Hall–Kier alpha value is -3.68. The largest absolute Gasteiger partial charge is 0.492 e. The number of carbonyl (C=O) groups excluding carboxylic acids is 2. The highest BCUT2D eigenvalue weighted by molar-refractivity contribution is 6.00. The maximum Gasteiger partial charge on any atom is 0.359 e. The molecule has 0 aliphatic rings. The summed E-state index contributed by atoms with van der Waals surface area (Å²) in [7, 11) is 0.